The maximum atomic E-state index is 12.4. The second kappa shape index (κ2) is 8.99. The van der Waals surface area contributed by atoms with Crippen molar-refractivity contribution < 1.29 is 19.4 Å². The van der Waals surface area contributed by atoms with Crippen molar-refractivity contribution in [2.75, 3.05) is 0 Å². The molecule has 2 rings (SSSR count). The highest BCUT2D eigenvalue weighted by molar-refractivity contribution is 7.09. The van der Waals surface area contributed by atoms with Gasteiger partial charge < -0.3 is 15.2 Å². The van der Waals surface area contributed by atoms with Crippen molar-refractivity contribution in [3.05, 3.63) is 45.9 Å². The largest absolute Gasteiger partial charge is 0.486 e. The van der Waals surface area contributed by atoms with Gasteiger partial charge in [-0.3, -0.25) is 9.59 Å². The maximum absolute atomic E-state index is 12.4. The highest BCUT2D eigenvalue weighted by Crippen LogP contribution is 2.21. The number of carbonyl (C=O) groups excluding carboxylic acids is 1. The zero-order chi connectivity index (χ0) is 20.0. The van der Waals surface area contributed by atoms with Crippen molar-refractivity contribution in [1.82, 2.24) is 10.3 Å². The predicted molar refractivity (Wildman–Crippen MR) is 105 cm³/mol. The van der Waals surface area contributed by atoms with Crippen LogP contribution in [-0.2, 0) is 22.6 Å². The van der Waals surface area contributed by atoms with E-state index in [0.717, 1.165) is 10.8 Å². The Hall–Kier alpha value is -2.41. The average Bonchev–Trinajstić information content (AvgIpc) is 3.00. The Morgan fingerprint density at radius 2 is 1.96 bits per heavy atom. The molecule has 1 amide bonds. The molecule has 1 unspecified atom stereocenters. The Kier molecular flexibility index (Phi) is 6.96. The number of ether oxygens (including phenoxy) is 1. The van der Waals surface area contributed by atoms with Crippen molar-refractivity contribution in [2.24, 2.45) is 5.92 Å². The molecule has 1 aromatic carbocycles. The first kappa shape index (κ1) is 20.9. The van der Waals surface area contributed by atoms with Crippen LogP contribution < -0.4 is 10.1 Å². The van der Waals surface area contributed by atoms with E-state index in [1.807, 2.05) is 50.4 Å². The number of aromatic nitrogens is 1. The van der Waals surface area contributed by atoms with Crippen molar-refractivity contribution in [3.63, 3.8) is 0 Å². The van der Waals surface area contributed by atoms with E-state index in [0.29, 0.717) is 12.3 Å². The molecule has 6 nitrogen and oxygen atoms in total. The molecule has 0 aliphatic carbocycles. The molecule has 0 radical (unpaired) electrons. The summed E-state index contributed by atoms with van der Waals surface area (Å²) in [5, 5.41) is 14.6. The quantitative estimate of drug-likeness (QED) is 0.683. The van der Waals surface area contributed by atoms with Crippen LogP contribution in [0.1, 0.15) is 43.5 Å². The number of aliphatic carboxylic acids is 1. The van der Waals surface area contributed by atoms with Crippen molar-refractivity contribution >= 4 is 23.2 Å². The van der Waals surface area contributed by atoms with Gasteiger partial charge in [0.25, 0.3) is 0 Å². The molecule has 27 heavy (non-hydrogen) atoms. The molecule has 0 fully saturated rings. The number of carboxylic acids is 1. The van der Waals surface area contributed by atoms with E-state index in [1.165, 1.54) is 16.9 Å². The minimum absolute atomic E-state index is 0.00791. The van der Waals surface area contributed by atoms with Crippen LogP contribution in [0, 0.1) is 12.8 Å². The lowest BCUT2D eigenvalue weighted by molar-refractivity contribution is -0.139. The topological polar surface area (TPSA) is 88.5 Å². The fourth-order valence-electron chi connectivity index (χ4n) is 2.51. The predicted octanol–water partition coefficient (Wildman–Crippen LogP) is 3.58. The van der Waals surface area contributed by atoms with Crippen molar-refractivity contribution in [2.45, 2.75) is 52.7 Å². The molecule has 0 spiro atoms. The first-order valence-corrected chi connectivity index (χ1v) is 9.71. The number of benzene rings is 1. The Bertz CT molecular complexity index is 786. The fraction of sp³-hybridized carbons (Fsp3) is 0.450. The molecule has 1 heterocycles. The summed E-state index contributed by atoms with van der Waals surface area (Å²) in [4.78, 5) is 27.9. The third-order valence-corrected chi connectivity index (χ3v) is 5.41. The lowest BCUT2D eigenvalue weighted by atomic mass is 9.85. The van der Waals surface area contributed by atoms with Gasteiger partial charge in [-0.2, -0.15) is 0 Å². The van der Waals surface area contributed by atoms with Gasteiger partial charge in [0.15, 0.2) is 0 Å². The number of hydrogen-bond donors (Lipinski definition) is 2. The average molecular weight is 391 g/mol. The third-order valence-electron chi connectivity index (χ3n) is 4.54. The number of thiazole rings is 1. The number of nitrogens with zero attached hydrogens (tertiary/aromatic N) is 1. The molecule has 0 bridgehead atoms. The van der Waals surface area contributed by atoms with Gasteiger partial charge in [0.2, 0.25) is 5.91 Å². The Morgan fingerprint density at radius 3 is 2.56 bits per heavy atom. The Balaban J connectivity index is 1.91. The summed E-state index contributed by atoms with van der Waals surface area (Å²) < 4.78 is 5.70. The van der Waals surface area contributed by atoms with Gasteiger partial charge in [-0.05, 0) is 31.9 Å². The van der Waals surface area contributed by atoms with Gasteiger partial charge in [-0.15, -0.1) is 11.3 Å². The van der Waals surface area contributed by atoms with Crippen LogP contribution in [0.2, 0.25) is 0 Å². The minimum atomic E-state index is -0.935. The molecule has 146 valence electrons. The normalized spacial score (nSPS) is 13.2. The second-order valence-corrected chi connectivity index (χ2v) is 8.14. The number of carbonyl (C=O) groups is 2. The molecule has 0 saturated carbocycles. The highest BCUT2D eigenvalue weighted by Gasteiger charge is 2.32. The highest BCUT2D eigenvalue weighted by atomic mass is 32.1. The number of carboxylic acid groups (broad SMARTS) is 1. The maximum Gasteiger partial charge on any atom is 0.305 e. The number of rotatable bonds is 9. The van der Waals surface area contributed by atoms with Crippen LogP contribution in [0.4, 0.5) is 0 Å². The number of hydrogen-bond acceptors (Lipinski definition) is 5. The summed E-state index contributed by atoms with van der Waals surface area (Å²) in [6.45, 7) is 7.91. The zero-order valence-corrected chi connectivity index (χ0v) is 16.9. The van der Waals surface area contributed by atoms with Gasteiger partial charge in [-0.1, -0.05) is 31.5 Å². The van der Waals surface area contributed by atoms with Crippen LogP contribution >= 0.6 is 11.3 Å². The summed E-state index contributed by atoms with van der Waals surface area (Å²) in [5.74, 6) is -0.401. The molecule has 0 aliphatic heterocycles. The molecule has 0 aliphatic rings. The van der Waals surface area contributed by atoms with Crippen molar-refractivity contribution in [3.8, 4) is 5.75 Å². The van der Waals surface area contributed by atoms with E-state index in [2.05, 4.69) is 10.3 Å². The summed E-state index contributed by atoms with van der Waals surface area (Å²) in [5.41, 5.74) is 1.03. The first-order valence-electron chi connectivity index (χ1n) is 8.83. The molecule has 2 N–H and O–H groups in total. The van der Waals surface area contributed by atoms with Crippen LogP contribution in [0.3, 0.4) is 0 Å². The first-order chi connectivity index (χ1) is 12.7. The van der Waals surface area contributed by atoms with E-state index in [1.54, 1.807) is 6.92 Å². The Morgan fingerprint density at radius 1 is 1.30 bits per heavy atom. The summed E-state index contributed by atoms with van der Waals surface area (Å²) >= 11 is 1.44. The van der Waals surface area contributed by atoms with Crippen LogP contribution in [0.15, 0.2) is 29.6 Å². The zero-order valence-electron chi connectivity index (χ0n) is 16.1. The third kappa shape index (κ3) is 6.36. The van der Waals surface area contributed by atoms with E-state index in [-0.39, 0.29) is 24.7 Å². The van der Waals surface area contributed by atoms with E-state index >= 15 is 0 Å². The second-order valence-electron chi connectivity index (χ2n) is 7.20. The number of nitrogens with one attached hydrogen (secondary N) is 1. The molecular weight excluding hydrogens is 364 g/mol. The lowest BCUT2D eigenvalue weighted by Gasteiger charge is -2.33. The molecule has 2 aromatic rings. The molecular formula is C20H26N2O4S. The number of amides is 1. The summed E-state index contributed by atoms with van der Waals surface area (Å²) in [6.07, 6.45) is -0.00786. The molecule has 7 heteroatoms. The molecule has 1 atom stereocenters. The van der Waals surface area contributed by atoms with E-state index in [9.17, 15) is 9.59 Å². The van der Waals surface area contributed by atoms with Crippen LogP contribution in [0.5, 0.6) is 5.75 Å². The number of aryl methyl sites for hydroxylation is 1. The molecule has 0 saturated heterocycles. The summed E-state index contributed by atoms with van der Waals surface area (Å²) in [7, 11) is 0. The fourth-order valence-corrected chi connectivity index (χ4v) is 3.22. The molecule has 1 aromatic heterocycles. The Labute approximate surface area is 163 Å². The van der Waals surface area contributed by atoms with E-state index < -0.39 is 11.5 Å². The van der Waals surface area contributed by atoms with Gasteiger partial charge in [0, 0.05) is 10.9 Å². The van der Waals surface area contributed by atoms with Gasteiger partial charge in [0.1, 0.15) is 17.4 Å². The SMILES string of the molecule is Cc1ccc(OCc2nc(CC(=O)NC(C)(CC(=O)O)C(C)C)cs2)cc1. The smallest absolute Gasteiger partial charge is 0.305 e. The standard InChI is InChI=1S/C20H26N2O4S/c1-13(2)20(4,10-19(24)25)22-17(23)9-15-12-27-18(21-15)11-26-16-7-5-14(3)6-8-16/h5-8,12-13H,9-11H2,1-4H3,(H,22,23)(H,24,25). The minimum Gasteiger partial charge on any atom is -0.486 e. The summed E-state index contributed by atoms with van der Waals surface area (Å²) in [6, 6.07) is 7.78. The van der Waals surface area contributed by atoms with E-state index in [4.69, 9.17) is 9.84 Å². The monoisotopic (exact) mass is 390 g/mol. The van der Waals surface area contributed by atoms with Crippen LogP contribution in [0.25, 0.3) is 0 Å². The van der Waals surface area contributed by atoms with Crippen molar-refractivity contribution in [1.29, 1.82) is 0 Å². The van der Waals surface area contributed by atoms with Gasteiger partial charge in [-0.25, -0.2) is 4.98 Å². The van der Waals surface area contributed by atoms with Gasteiger partial charge in [0.05, 0.1) is 18.5 Å². The van der Waals surface area contributed by atoms with Crippen LogP contribution in [-0.4, -0.2) is 27.5 Å². The van der Waals surface area contributed by atoms with Gasteiger partial charge >= 0.3 is 5.97 Å². The lowest BCUT2D eigenvalue weighted by Crippen LogP contribution is -2.51.